The molecule has 1 fully saturated rings. The summed E-state index contributed by atoms with van der Waals surface area (Å²) >= 11 is 6.11. The number of nitrogens with zero attached hydrogens (tertiary/aromatic N) is 1. The minimum atomic E-state index is -0.583. The molecule has 3 nitrogen and oxygen atoms in total. The van der Waals surface area contributed by atoms with Crippen LogP contribution >= 0.6 is 11.6 Å². The number of hydrogen-bond acceptors (Lipinski definition) is 3. The normalized spacial score (nSPS) is 17.5. The van der Waals surface area contributed by atoms with Crippen molar-refractivity contribution in [2.75, 3.05) is 18.5 Å². The molecule has 0 unspecified atom stereocenters. The van der Waals surface area contributed by atoms with Crippen LogP contribution in [0.25, 0.3) is 0 Å². The Labute approximate surface area is 119 Å². The second kappa shape index (κ2) is 5.51. The minimum Gasteiger partial charge on any atom is -0.388 e. The van der Waals surface area contributed by atoms with Gasteiger partial charge in [-0.15, -0.1) is 0 Å². The Morgan fingerprint density at radius 1 is 1.42 bits per heavy atom. The first kappa shape index (κ1) is 14.4. The summed E-state index contributed by atoms with van der Waals surface area (Å²) in [6.45, 7) is 2.11. The Balaban J connectivity index is 2.13. The second-order valence-electron chi connectivity index (χ2n) is 5.51. The molecule has 2 rings (SSSR count). The van der Waals surface area contributed by atoms with Crippen molar-refractivity contribution in [1.29, 1.82) is 0 Å². The highest BCUT2D eigenvalue weighted by atomic mass is 35.5. The van der Waals surface area contributed by atoms with Gasteiger partial charge in [-0.25, -0.2) is 0 Å². The van der Waals surface area contributed by atoms with Gasteiger partial charge in [0, 0.05) is 24.8 Å². The van der Waals surface area contributed by atoms with Crippen molar-refractivity contribution in [1.82, 2.24) is 0 Å². The molecule has 0 spiro atoms. The second-order valence-corrected chi connectivity index (χ2v) is 5.92. The van der Waals surface area contributed by atoms with E-state index in [1.807, 2.05) is 18.0 Å². The first-order valence-corrected chi connectivity index (χ1v) is 7.03. The third-order valence-corrected chi connectivity index (χ3v) is 4.15. The highest BCUT2D eigenvalue weighted by Gasteiger charge is 2.32. The Morgan fingerprint density at radius 2 is 2.05 bits per heavy atom. The minimum absolute atomic E-state index is 0.0337. The quantitative estimate of drug-likeness (QED) is 0.861. The maximum Gasteiger partial charge on any atom is 0.161 e. The van der Waals surface area contributed by atoms with Crippen molar-refractivity contribution in [2.45, 2.75) is 38.2 Å². The fourth-order valence-electron chi connectivity index (χ4n) is 2.75. The van der Waals surface area contributed by atoms with Crippen LogP contribution in [0.1, 0.15) is 43.0 Å². The van der Waals surface area contributed by atoms with Gasteiger partial charge in [0.05, 0.1) is 10.6 Å². The molecule has 1 aromatic rings. The molecule has 0 amide bonds. The molecule has 1 aromatic carbocycles. The summed E-state index contributed by atoms with van der Waals surface area (Å²) in [4.78, 5) is 13.3. The van der Waals surface area contributed by atoms with Gasteiger partial charge in [-0.2, -0.15) is 0 Å². The Hall–Kier alpha value is -1.06. The Kier molecular flexibility index (Phi) is 4.16. The zero-order chi connectivity index (χ0) is 14.0. The number of Topliss-reactive ketones (excluding diaryl/α,β-unsaturated/α-hetero) is 1. The van der Waals surface area contributed by atoms with E-state index in [0.717, 1.165) is 31.4 Å². The lowest BCUT2D eigenvalue weighted by Crippen LogP contribution is -2.39. The molecule has 0 bridgehead atoms. The van der Waals surface area contributed by atoms with Gasteiger partial charge in [0.15, 0.2) is 5.78 Å². The number of carbonyl (C=O) groups is 1. The first-order chi connectivity index (χ1) is 8.91. The van der Waals surface area contributed by atoms with Crippen molar-refractivity contribution >= 4 is 23.1 Å². The van der Waals surface area contributed by atoms with E-state index >= 15 is 0 Å². The molecule has 104 valence electrons. The monoisotopic (exact) mass is 281 g/mol. The van der Waals surface area contributed by atoms with Crippen LogP contribution in [0.2, 0.25) is 5.02 Å². The van der Waals surface area contributed by atoms with Crippen LogP contribution in [0, 0.1) is 0 Å². The van der Waals surface area contributed by atoms with Gasteiger partial charge < -0.3 is 10.0 Å². The molecule has 0 atom stereocenters. The van der Waals surface area contributed by atoms with E-state index in [1.165, 1.54) is 6.92 Å². The lowest BCUT2D eigenvalue weighted by molar-refractivity contribution is 0.0559. The van der Waals surface area contributed by atoms with Crippen LogP contribution in [0.5, 0.6) is 0 Å². The lowest BCUT2D eigenvalue weighted by Gasteiger charge is -2.30. The number of halogens is 1. The molecular formula is C15H20ClNO2. The fourth-order valence-corrected chi connectivity index (χ4v) is 3.06. The number of ketones is 1. The third-order valence-electron chi connectivity index (χ3n) is 3.84. The Bertz CT molecular complexity index is 481. The molecule has 19 heavy (non-hydrogen) atoms. The lowest BCUT2D eigenvalue weighted by atomic mass is 10.0. The number of benzene rings is 1. The van der Waals surface area contributed by atoms with Gasteiger partial charge >= 0.3 is 0 Å². The summed E-state index contributed by atoms with van der Waals surface area (Å²) < 4.78 is 0. The molecule has 0 saturated heterocycles. The summed E-state index contributed by atoms with van der Waals surface area (Å²) in [5, 5.41) is 10.9. The van der Waals surface area contributed by atoms with E-state index < -0.39 is 5.60 Å². The maximum atomic E-state index is 11.3. The predicted octanol–water partition coefficient (Wildman–Crippen LogP) is 3.28. The van der Waals surface area contributed by atoms with Gasteiger partial charge in [-0.05, 0) is 38.0 Å². The van der Waals surface area contributed by atoms with Crippen molar-refractivity contribution in [2.24, 2.45) is 0 Å². The van der Waals surface area contributed by atoms with Crippen molar-refractivity contribution in [3.8, 4) is 0 Å². The number of anilines is 1. The SMILES string of the molecule is CC(=O)c1ccc(N(C)CC2(O)CCCC2)cc1Cl. The summed E-state index contributed by atoms with van der Waals surface area (Å²) in [6.07, 6.45) is 3.90. The van der Waals surface area contributed by atoms with E-state index in [-0.39, 0.29) is 5.78 Å². The van der Waals surface area contributed by atoms with E-state index in [1.54, 1.807) is 12.1 Å². The van der Waals surface area contributed by atoms with Crippen molar-refractivity contribution < 1.29 is 9.90 Å². The molecule has 1 saturated carbocycles. The zero-order valence-corrected chi connectivity index (χ0v) is 12.2. The van der Waals surface area contributed by atoms with E-state index in [0.29, 0.717) is 17.1 Å². The number of carbonyl (C=O) groups excluding carboxylic acids is 1. The topological polar surface area (TPSA) is 40.5 Å². The highest BCUT2D eigenvalue weighted by Crippen LogP contribution is 2.32. The molecule has 0 aromatic heterocycles. The predicted molar refractivity (Wildman–Crippen MR) is 78.1 cm³/mol. The smallest absolute Gasteiger partial charge is 0.161 e. The standard InChI is InChI=1S/C15H20ClNO2/c1-11(18)13-6-5-12(9-14(13)16)17(2)10-15(19)7-3-4-8-15/h5-6,9,19H,3-4,7-8,10H2,1-2H3. The van der Waals surface area contributed by atoms with Crippen LogP contribution in [0.15, 0.2) is 18.2 Å². The van der Waals surface area contributed by atoms with E-state index in [2.05, 4.69) is 0 Å². The van der Waals surface area contributed by atoms with Crippen LogP contribution in [0.3, 0.4) is 0 Å². The fraction of sp³-hybridized carbons (Fsp3) is 0.533. The molecule has 1 aliphatic rings. The molecular weight excluding hydrogens is 262 g/mol. The first-order valence-electron chi connectivity index (χ1n) is 6.65. The third kappa shape index (κ3) is 3.28. The van der Waals surface area contributed by atoms with E-state index in [9.17, 15) is 9.90 Å². The highest BCUT2D eigenvalue weighted by molar-refractivity contribution is 6.34. The van der Waals surface area contributed by atoms with Crippen LogP contribution in [-0.2, 0) is 0 Å². The largest absolute Gasteiger partial charge is 0.388 e. The van der Waals surface area contributed by atoms with Crippen LogP contribution < -0.4 is 4.90 Å². The molecule has 0 aliphatic heterocycles. The summed E-state index contributed by atoms with van der Waals surface area (Å²) in [6, 6.07) is 5.41. The number of hydrogen-bond donors (Lipinski definition) is 1. The average Bonchev–Trinajstić information content (AvgIpc) is 2.75. The Morgan fingerprint density at radius 3 is 2.58 bits per heavy atom. The average molecular weight is 282 g/mol. The molecule has 0 radical (unpaired) electrons. The molecule has 1 aliphatic carbocycles. The molecule has 4 heteroatoms. The summed E-state index contributed by atoms with van der Waals surface area (Å²) in [7, 11) is 1.94. The van der Waals surface area contributed by atoms with Gasteiger partial charge in [-0.3, -0.25) is 4.79 Å². The van der Waals surface area contributed by atoms with Gasteiger partial charge in [0.25, 0.3) is 0 Å². The van der Waals surface area contributed by atoms with Gasteiger partial charge in [0.1, 0.15) is 0 Å². The number of aliphatic hydroxyl groups is 1. The zero-order valence-electron chi connectivity index (χ0n) is 11.4. The van der Waals surface area contributed by atoms with Gasteiger partial charge in [0.2, 0.25) is 0 Å². The van der Waals surface area contributed by atoms with Crippen molar-refractivity contribution in [3.63, 3.8) is 0 Å². The molecule has 1 N–H and O–H groups in total. The summed E-state index contributed by atoms with van der Waals surface area (Å²) in [5.74, 6) is -0.0337. The summed E-state index contributed by atoms with van der Waals surface area (Å²) in [5.41, 5.74) is 0.884. The van der Waals surface area contributed by atoms with Crippen LogP contribution in [-0.4, -0.2) is 30.1 Å². The maximum absolute atomic E-state index is 11.3. The number of rotatable bonds is 4. The van der Waals surface area contributed by atoms with Gasteiger partial charge in [-0.1, -0.05) is 24.4 Å². The molecule has 0 heterocycles. The number of likely N-dealkylation sites (N-methyl/N-ethyl adjacent to an activating group) is 1. The van der Waals surface area contributed by atoms with Crippen molar-refractivity contribution in [3.05, 3.63) is 28.8 Å². The van der Waals surface area contributed by atoms with E-state index in [4.69, 9.17) is 11.6 Å². The van der Waals surface area contributed by atoms with Crippen LogP contribution in [0.4, 0.5) is 5.69 Å².